The highest BCUT2D eigenvalue weighted by Gasteiger charge is 2.30. The molecule has 108 valence electrons. The van der Waals surface area contributed by atoms with Gasteiger partial charge in [-0.15, -0.1) is 11.3 Å². The predicted molar refractivity (Wildman–Crippen MR) is 73.2 cm³/mol. The highest BCUT2D eigenvalue weighted by molar-refractivity contribution is 7.20. The largest absolute Gasteiger partial charge is 0.394 e. The Bertz CT molecular complexity index is 616. The monoisotopic (exact) mass is 299 g/mol. The van der Waals surface area contributed by atoms with E-state index in [0.29, 0.717) is 9.58 Å². The molecule has 5 nitrogen and oxygen atoms in total. The second-order valence-electron chi connectivity index (χ2n) is 4.50. The van der Waals surface area contributed by atoms with Crippen LogP contribution < -0.4 is 5.32 Å². The van der Waals surface area contributed by atoms with Crippen molar-refractivity contribution in [2.75, 3.05) is 19.8 Å². The van der Waals surface area contributed by atoms with E-state index in [1.54, 1.807) is 12.1 Å². The summed E-state index contributed by atoms with van der Waals surface area (Å²) in [5, 5.41) is 30.6. The third-order valence-corrected chi connectivity index (χ3v) is 4.09. The van der Waals surface area contributed by atoms with E-state index in [4.69, 9.17) is 15.3 Å². The number of aliphatic hydroxyl groups excluding tert-OH is 3. The number of amides is 1. The van der Waals surface area contributed by atoms with Crippen LogP contribution in [-0.2, 0) is 0 Å². The Morgan fingerprint density at radius 1 is 1.20 bits per heavy atom. The van der Waals surface area contributed by atoms with Crippen LogP contribution >= 0.6 is 11.3 Å². The first-order valence-electron chi connectivity index (χ1n) is 5.88. The molecule has 0 unspecified atom stereocenters. The van der Waals surface area contributed by atoms with Crippen LogP contribution in [0.2, 0.25) is 0 Å². The molecule has 0 saturated heterocycles. The Morgan fingerprint density at radius 3 is 2.45 bits per heavy atom. The van der Waals surface area contributed by atoms with Crippen LogP contribution in [0.4, 0.5) is 4.39 Å². The molecular weight excluding hydrogens is 285 g/mol. The number of fused-ring (bicyclic) bond motifs is 1. The second-order valence-corrected chi connectivity index (χ2v) is 5.59. The lowest BCUT2D eigenvalue weighted by Gasteiger charge is -2.28. The van der Waals surface area contributed by atoms with Gasteiger partial charge in [0.1, 0.15) is 11.4 Å². The minimum absolute atomic E-state index is 0.310. The van der Waals surface area contributed by atoms with Crippen molar-refractivity contribution in [3.05, 3.63) is 35.0 Å². The second kappa shape index (κ2) is 5.84. The quantitative estimate of drug-likeness (QED) is 0.647. The van der Waals surface area contributed by atoms with Gasteiger partial charge in [-0.3, -0.25) is 4.79 Å². The molecule has 20 heavy (non-hydrogen) atoms. The fraction of sp³-hybridized carbons (Fsp3) is 0.308. The third kappa shape index (κ3) is 2.80. The molecule has 0 bridgehead atoms. The third-order valence-electron chi connectivity index (χ3n) is 2.99. The van der Waals surface area contributed by atoms with E-state index < -0.39 is 31.3 Å². The highest BCUT2D eigenvalue weighted by atomic mass is 32.1. The van der Waals surface area contributed by atoms with E-state index in [1.807, 2.05) is 0 Å². The number of nitrogens with one attached hydrogen (secondary N) is 1. The molecule has 0 aliphatic carbocycles. The zero-order valence-corrected chi connectivity index (χ0v) is 11.3. The number of aliphatic hydroxyl groups is 3. The van der Waals surface area contributed by atoms with Crippen LogP contribution in [0.15, 0.2) is 24.3 Å². The van der Waals surface area contributed by atoms with Crippen molar-refractivity contribution in [3.8, 4) is 0 Å². The predicted octanol–water partition coefficient (Wildman–Crippen LogP) is 0.486. The first-order chi connectivity index (χ1) is 9.53. The molecule has 4 N–H and O–H groups in total. The number of rotatable bonds is 5. The first kappa shape index (κ1) is 14.9. The summed E-state index contributed by atoms with van der Waals surface area (Å²) in [4.78, 5) is 12.4. The molecule has 1 heterocycles. The van der Waals surface area contributed by atoms with E-state index >= 15 is 0 Å². The zero-order valence-electron chi connectivity index (χ0n) is 10.5. The van der Waals surface area contributed by atoms with Crippen LogP contribution in [0.3, 0.4) is 0 Å². The maximum absolute atomic E-state index is 13.1. The van der Waals surface area contributed by atoms with Crippen LogP contribution in [0.1, 0.15) is 9.67 Å². The summed E-state index contributed by atoms with van der Waals surface area (Å²) < 4.78 is 13.7. The van der Waals surface area contributed by atoms with Gasteiger partial charge >= 0.3 is 0 Å². The summed E-state index contributed by atoms with van der Waals surface area (Å²) in [5.74, 6) is -0.925. The topological polar surface area (TPSA) is 89.8 Å². The fourth-order valence-corrected chi connectivity index (χ4v) is 2.67. The molecule has 0 radical (unpaired) electrons. The lowest BCUT2D eigenvalue weighted by atomic mass is 10.0. The van der Waals surface area contributed by atoms with E-state index in [0.717, 1.165) is 16.7 Å². The SMILES string of the molecule is O=C(NC(CO)(CO)CO)c1cc2ccc(F)cc2s1. The van der Waals surface area contributed by atoms with Gasteiger partial charge in [0, 0.05) is 4.70 Å². The maximum Gasteiger partial charge on any atom is 0.262 e. The van der Waals surface area contributed by atoms with Gasteiger partial charge in [0.25, 0.3) is 5.91 Å². The van der Waals surface area contributed by atoms with Crippen LogP contribution in [0.5, 0.6) is 0 Å². The van der Waals surface area contributed by atoms with Gasteiger partial charge in [-0.1, -0.05) is 6.07 Å². The molecule has 2 aromatic rings. The molecule has 0 spiro atoms. The maximum atomic E-state index is 13.1. The molecule has 0 atom stereocenters. The van der Waals surface area contributed by atoms with E-state index in [1.165, 1.54) is 12.1 Å². The molecular formula is C13H14FNO4S. The average molecular weight is 299 g/mol. The Kier molecular flexibility index (Phi) is 4.34. The molecule has 7 heteroatoms. The normalized spacial score (nSPS) is 11.8. The Hall–Kier alpha value is -1.54. The number of benzene rings is 1. The van der Waals surface area contributed by atoms with Crippen molar-refractivity contribution >= 4 is 27.3 Å². The van der Waals surface area contributed by atoms with E-state index in [-0.39, 0.29) is 5.82 Å². The van der Waals surface area contributed by atoms with Crippen molar-refractivity contribution in [1.29, 1.82) is 0 Å². The van der Waals surface area contributed by atoms with Crippen molar-refractivity contribution in [1.82, 2.24) is 5.32 Å². The van der Waals surface area contributed by atoms with Crippen LogP contribution in [0.25, 0.3) is 10.1 Å². The summed E-state index contributed by atoms with van der Waals surface area (Å²) in [5.41, 5.74) is -1.47. The summed E-state index contributed by atoms with van der Waals surface area (Å²) in [6.45, 7) is -1.78. The zero-order chi connectivity index (χ0) is 14.8. The lowest BCUT2D eigenvalue weighted by molar-refractivity contribution is 0.0377. The molecule has 1 amide bonds. The Morgan fingerprint density at radius 2 is 1.85 bits per heavy atom. The number of hydrogen-bond acceptors (Lipinski definition) is 5. The van der Waals surface area contributed by atoms with Gasteiger partial charge < -0.3 is 20.6 Å². The van der Waals surface area contributed by atoms with Crippen molar-refractivity contribution < 1.29 is 24.5 Å². The van der Waals surface area contributed by atoms with E-state index in [9.17, 15) is 9.18 Å². The van der Waals surface area contributed by atoms with E-state index in [2.05, 4.69) is 5.32 Å². The Balaban J connectivity index is 2.27. The standard InChI is InChI=1S/C13H14FNO4S/c14-9-2-1-8-3-11(20-10(8)4-9)12(19)15-13(5-16,6-17)7-18/h1-4,16-18H,5-7H2,(H,15,19). The van der Waals surface area contributed by atoms with Crippen LogP contribution in [-0.4, -0.2) is 46.6 Å². The lowest BCUT2D eigenvalue weighted by Crippen LogP contribution is -2.56. The number of carbonyl (C=O) groups is 1. The first-order valence-corrected chi connectivity index (χ1v) is 6.69. The summed E-state index contributed by atoms with van der Waals surface area (Å²) in [7, 11) is 0. The minimum Gasteiger partial charge on any atom is -0.394 e. The molecule has 1 aromatic carbocycles. The number of carbonyl (C=O) groups excluding carboxylic acids is 1. The number of thiophene rings is 1. The molecule has 0 aliphatic heterocycles. The van der Waals surface area contributed by atoms with Gasteiger partial charge in [0.2, 0.25) is 0 Å². The van der Waals surface area contributed by atoms with Gasteiger partial charge in [-0.2, -0.15) is 0 Å². The van der Waals surface area contributed by atoms with Crippen LogP contribution in [0, 0.1) is 5.82 Å². The van der Waals surface area contributed by atoms with Crippen molar-refractivity contribution in [2.24, 2.45) is 0 Å². The Labute approximate surface area is 118 Å². The molecule has 0 fully saturated rings. The number of hydrogen-bond donors (Lipinski definition) is 4. The smallest absolute Gasteiger partial charge is 0.262 e. The van der Waals surface area contributed by atoms with Crippen molar-refractivity contribution in [2.45, 2.75) is 5.54 Å². The van der Waals surface area contributed by atoms with Gasteiger partial charge in [-0.25, -0.2) is 4.39 Å². The fourth-order valence-electron chi connectivity index (χ4n) is 1.69. The van der Waals surface area contributed by atoms with Gasteiger partial charge in [-0.05, 0) is 23.6 Å². The summed E-state index contributed by atoms with van der Waals surface area (Å²) in [6.07, 6.45) is 0. The van der Waals surface area contributed by atoms with Crippen molar-refractivity contribution in [3.63, 3.8) is 0 Å². The summed E-state index contributed by atoms with van der Waals surface area (Å²) >= 11 is 1.09. The minimum atomic E-state index is -1.47. The summed E-state index contributed by atoms with van der Waals surface area (Å²) in [6, 6.07) is 5.78. The molecule has 1 aromatic heterocycles. The van der Waals surface area contributed by atoms with Gasteiger partial charge in [0.15, 0.2) is 0 Å². The molecule has 0 saturated carbocycles. The molecule has 0 aliphatic rings. The average Bonchev–Trinajstić information content (AvgIpc) is 2.88. The highest BCUT2D eigenvalue weighted by Crippen LogP contribution is 2.26. The number of halogens is 1. The molecule has 2 rings (SSSR count). The van der Waals surface area contributed by atoms with Gasteiger partial charge in [0.05, 0.1) is 24.7 Å².